The van der Waals surface area contributed by atoms with E-state index in [-0.39, 0.29) is 11.8 Å². The minimum atomic E-state index is -0.423. The van der Waals surface area contributed by atoms with Gasteiger partial charge < -0.3 is 10.1 Å². The van der Waals surface area contributed by atoms with E-state index < -0.39 is 5.82 Å². The normalized spacial score (nSPS) is 17.6. The molecule has 0 saturated heterocycles. The van der Waals surface area contributed by atoms with Crippen molar-refractivity contribution in [3.8, 4) is 5.75 Å². The molecule has 0 spiro atoms. The average Bonchev–Trinajstić information content (AvgIpc) is 3.27. The third kappa shape index (κ3) is 2.57. The lowest BCUT2D eigenvalue weighted by Crippen LogP contribution is -2.43. The Bertz CT molecular complexity index is 529. The van der Waals surface area contributed by atoms with Gasteiger partial charge in [0.25, 0.3) is 0 Å². The van der Waals surface area contributed by atoms with Gasteiger partial charge in [-0.05, 0) is 43.2 Å². The van der Waals surface area contributed by atoms with Gasteiger partial charge in [-0.2, -0.15) is 0 Å². The van der Waals surface area contributed by atoms with Crippen LogP contribution in [0.5, 0.6) is 5.75 Å². The smallest absolute Gasteiger partial charge is 0.321 e. The van der Waals surface area contributed by atoms with Crippen molar-refractivity contribution < 1.29 is 13.9 Å². The third-order valence-corrected chi connectivity index (χ3v) is 3.96. The van der Waals surface area contributed by atoms with E-state index >= 15 is 0 Å². The summed E-state index contributed by atoms with van der Waals surface area (Å²) < 4.78 is 18.9. The molecule has 4 nitrogen and oxygen atoms in total. The van der Waals surface area contributed by atoms with Crippen molar-refractivity contribution in [2.24, 2.45) is 5.92 Å². The highest BCUT2D eigenvalue weighted by Crippen LogP contribution is 2.33. The predicted octanol–water partition coefficient (Wildman–Crippen LogP) is 2.71. The monoisotopic (exact) mass is 278 g/mol. The fourth-order valence-corrected chi connectivity index (χ4v) is 2.60. The molecular formula is C15H19FN2O2. The molecule has 0 radical (unpaired) electrons. The van der Waals surface area contributed by atoms with Crippen LogP contribution in [0.4, 0.5) is 14.9 Å². The summed E-state index contributed by atoms with van der Waals surface area (Å²) in [5.74, 6) is 0.452. The second-order valence-electron chi connectivity index (χ2n) is 5.50. The number of carbonyl (C=O) groups is 1. The Labute approximate surface area is 117 Å². The van der Waals surface area contributed by atoms with Crippen LogP contribution >= 0.6 is 0 Å². The first-order valence-corrected chi connectivity index (χ1v) is 7.11. The number of nitrogens with zero attached hydrogens (tertiary/aromatic N) is 1. The molecule has 1 heterocycles. The molecule has 5 heteroatoms. The Morgan fingerprint density at radius 1 is 1.50 bits per heavy atom. The standard InChI is InChI=1S/C15H19FN2O2/c1-20-14-7-11-3-2-6-18(13(11)8-12(14)16)15(19)17-9-10-4-5-10/h7-8,10H,2-6,9H2,1H3,(H,17,19). The van der Waals surface area contributed by atoms with Gasteiger partial charge in [-0.15, -0.1) is 0 Å². The van der Waals surface area contributed by atoms with Gasteiger partial charge in [0.15, 0.2) is 11.6 Å². The number of ether oxygens (including phenoxy) is 1. The van der Waals surface area contributed by atoms with Crippen molar-refractivity contribution in [2.75, 3.05) is 25.1 Å². The fourth-order valence-electron chi connectivity index (χ4n) is 2.60. The van der Waals surface area contributed by atoms with Crippen molar-refractivity contribution in [3.05, 3.63) is 23.5 Å². The van der Waals surface area contributed by atoms with E-state index in [9.17, 15) is 9.18 Å². The predicted molar refractivity (Wildman–Crippen MR) is 74.7 cm³/mol. The summed E-state index contributed by atoms with van der Waals surface area (Å²) >= 11 is 0. The number of urea groups is 1. The van der Waals surface area contributed by atoms with Crippen LogP contribution in [0, 0.1) is 11.7 Å². The lowest BCUT2D eigenvalue weighted by Gasteiger charge is -2.30. The van der Waals surface area contributed by atoms with E-state index in [0.29, 0.717) is 18.2 Å². The maximum atomic E-state index is 13.9. The Kier molecular flexibility index (Phi) is 3.51. The number of carbonyl (C=O) groups excluding carboxylic acids is 1. The average molecular weight is 278 g/mol. The van der Waals surface area contributed by atoms with Crippen LogP contribution in [-0.4, -0.2) is 26.2 Å². The minimum absolute atomic E-state index is 0.123. The second kappa shape index (κ2) is 5.31. The van der Waals surface area contributed by atoms with Crippen LogP contribution in [0.25, 0.3) is 0 Å². The van der Waals surface area contributed by atoms with Crippen LogP contribution in [-0.2, 0) is 6.42 Å². The number of amides is 2. The quantitative estimate of drug-likeness (QED) is 0.923. The maximum Gasteiger partial charge on any atom is 0.321 e. The molecule has 2 amide bonds. The SMILES string of the molecule is COc1cc2c(cc1F)N(C(=O)NCC1CC1)CCC2. The highest BCUT2D eigenvalue weighted by Gasteiger charge is 2.27. The zero-order valence-electron chi connectivity index (χ0n) is 11.6. The number of hydrogen-bond acceptors (Lipinski definition) is 2. The number of fused-ring (bicyclic) bond motifs is 1. The molecule has 3 rings (SSSR count). The molecule has 1 fully saturated rings. The van der Waals surface area contributed by atoms with Crippen LogP contribution in [0.1, 0.15) is 24.8 Å². The van der Waals surface area contributed by atoms with Crippen molar-refractivity contribution >= 4 is 11.7 Å². The molecule has 1 aliphatic heterocycles. The van der Waals surface area contributed by atoms with Crippen molar-refractivity contribution in [1.29, 1.82) is 0 Å². The maximum absolute atomic E-state index is 13.9. The summed E-state index contributed by atoms with van der Waals surface area (Å²) in [6, 6.07) is 2.98. The van der Waals surface area contributed by atoms with E-state index in [2.05, 4.69) is 5.32 Å². The van der Waals surface area contributed by atoms with Crippen LogP contribution in [0.15, 0.2) is 12.1 Å². The lowest BCUT2D eigenvalue weighted by molar-refractivity contribution is 0.245. The lowest BCUT2D eigenvalue weighted by atomic mass is 10.0. The molecule has 20 heavy (non-hydrogen) atoms. The molecule has 1 saturated carbocycles. The molecule has 1 aromatic rings. The first-order valence-electron chi connectivity index (χ1n) is 7.11. The molecule has 1 aromatic carbocycles. The summed E-state index contributed by atoms with van der Waals surface area (Å²) in [5.41, 5.74) is 1.64. The van der Waals surface area contributed by atoms with Gasteiger partial charge in [0, 0.05) is 19.2 Å². The number of anilines is 1. The van der Waals surface area contributed by atoms with Crippen LogP contribution in [0.2, 0.25) is 0 Å². The molecule has 0 atom stereocenters. The zero-order valence-corrected chi connectivity index (χ0v) is 11.6. The van der Waals surface area contributed by atoms with Gasteiger partial charge in [-0.25, -0.2) is 9.18 Å². The number of rotatable bonds is 3. The Balaban J connectivity index is 1.80. The highest BCUT2D eigenvalue weighted by molar-refractivity contribution is 5.93. The van der Waals surface area contributed by atoms with Gasteiger partial charge in [0.05, 0.1) is 12.8 Å². The topological polar surface area (TPSA) is 41.6 Å². The minimum Gasteiger partial charge on any atom is -0.494 e. The van der Waals surface area contributed by atoms with Crippen molar-refractivity contribution in [1.82, 2.24) is 5.32 Å². The van der Waals surface area contributed by atoms with E-state index in [0.717, 1.165) is 24.9 Å². The van der Waals surface area contributed by atoms with Crippen molar-refractivity contribution in [3.63, 3.8) is 0 Å². The number of hydrogen-bond donors (Lipinski definition) is 1. The molecule has 0 bridgehead atoms. The molecule has 1 N–H and O–H groups in total. The molecule has 0 aromatic heterocycles. The summed E-state index contributed by atoms with van der Waals surface area (Å²) in [6.07, 6.45) is 4.13. The van der Waals surface area contributed by atoms with E-state index in [1.807, 2.05) is 0 Å². The van der Waals surface area contributed by atoms with Crippen LogP contribution < -0.4 is 15.0 Å². The highest BCUT2D eigenvalue weighted by atomic mass is 19.1. The summed E-state index contributed by atoms with van der Waals surface area (Å²) in [7, 11) is 1.45. The summed E-state index contributed by atoms with van der Waals surface area (Å²) in [5, 5.41) is 2.94. The van der Waals surface area contributed by atoms with Crippen LogP contribution in [0.3, 0.4) is 0 Å². The molecule has 108 valence electrons. The largest absolute Gasteiger partial charge is 0.494 e. The van der Waals surface area contributed by atoms with E-state index in [1.54, 1.807) is 11.0 Å². The number of aryl methyl sites for hydroxylation is 1. The van der Waals surface area contributed by atoms with E-state index in [1.165, 1.54) is 26.0 Å². The van der Waals surface area contributed by atoms with Gasteiger partial charge in [0.2, 0.25) is 0 Å². The van der Waals surface area contributed by atoms with Gasteiger partial charge in [-0.3, -0.25) is 4.90 Å². The number of halogens is 1. The Morgan fingerprint density at radius 3 is 3.00 bits per heavy atom. The van der Waals surface area contributed by atoms with Crippen molar-refractivity contribution in [2.45, 2.75) is 25.7 Å². The number of nitrogens with one attached hydrogen (secondary N) is 1. The number of benzene rings is 1. The first kappa shape index (κ1) is 13.2. The van der Waals surface area contributed by atoms with Gasteiger partial charge in [-0.1, -0.05) is 0 Å². The molecule has 0 unspecified atom stereocenters. The Hall–Kier alpha value is -1.78. The third-order valence-electron chi connectivity index (χ3n) is 3.96. The second-order valence-corrected chi connectivity index (χ2v) is 5.50. The van der Waals surface area contributed by atoms with Gasteiger partial charge in [0.1, 0.15) is 0 Å². The van der Waals surface area contributed by atoms with E-state index in [4.69, 9.17) is 4.74 Å². The Morgan fingerprint density at radius 2 is 2.30 bits per heavy atom. The molecular weight excluding hydrogens is 259 g/mol. The van der Waals surface area contributed by atoms with Gasteiger partial charge >= 0.3 is 6.03 Å². The fraction of sp³-hybridized carbons (Fsp3) is 0.533. The zero-order chi connectivity index (χ0) is 14.1. The molecule has 1 aliphatic carbocycles. The molecule has 2 aliphatic rings. The summed E-state index contributed by atoms with van der Waals surface area (Å²) in [6.45, 7) is 1.36. The first-order chi connectivity index (χ1) is 9.69. The summed E-state index contributed by atoms with van der Waals surface area (Å²) in [4.78, 5) is 13.9. The number of methoxy groups -OCH3 is 1.